The van der Waals surface area contributed by atoms with Gasteiger partial charge in [0.05, 0.1) is 21.9 Å². The van der Waals surface area contributed by atoms with Crippen LogP contribution in [-0.4, -0.2) is 63.8 Å². The number of nitrogens with zero attached hydrogens (tertiary/aromatic N) is 5. The van der Waals surface area contributed by atoms with Crippen LogP contribution in [-0.2, 0) is 0 Å². The summed E-state index contributed by atoms with van der Waals surface area (Å²) >= 11 is 0. The van der Waals surface area contributed by atoms with Crippen molar-refractivity contribution in [1.82, 2.24) is 19.8 Å². The fraction of sp³-hybridized carbons (Fsp3) is 0.292. The lowest BCUT2D eigenvalue weighted by Crippen LogP contribution is -2.47. The predicted molar refractivity (Wildman–Crippen MR) is 122 cm³/mol. The minimum atomic E-state index is -0.444. The van der Waals surface area contributed by atoms with Crippen molar-refractivity contribution in [3.63, 3.8) is 0 Å². The van der Waals surface area contributed by atoms with E-state index in [-0.39, 0.29) is 11.6 Å². The molecule has 1 aliphatic heterocycles. The molecule has 1 saturated heterocycles. The van der Waals surface area contributed by atoms with Gasteiger partial charge in [-0.05, 0) is 20.9 Å². The van der Waals surface area contributed by atoms with Crippen molar-refractivity contribution >= 4 is 11.6 Å². The van der Waals surface area contributed by atoms with E-state index >= 15 is 0 Å². The van der Waals surface area contributed by atoms with Crippen LogP contribution < -0.4 is 0 Å². The molecule has 0 N–H and O–H groups in total. The van der Waals surface area contributed by atoms with E-state index in [2.05, 4.69) is 9.88 Å². The molecule has 1 amide bonds. The van der Waals surface area contributed by atoms with Gasteiger partial charge in [0, 0.05) is 49.4 Å². The Hall–Kier alpha value is -3.65. The van der Waals surface area contributed by atoms with Crippen LogP contribution >= 0.6 is 0 Å². The molecule has 4 rings (SSSR count). The van der Waals surface area contributed by atoms with E-state index in [0.717, 1.165) is 24.2 Å². The number of hydrogen-bond donors (Lipinski definition) is 0. The van der Waals surface area contributed by atoms with Gasteiger partial charge in [0.2, 0.25) is 0 Å². The summed E-state index contributed by atoms with van der Waals surface area (Å²) in [5, 5.41) is 11.4. The van der Waals surface area contributed by atoms with Gasteiger partial charge in [-0.25, -0.2) is 9.97 Å². The molecule has 8 heteroatoms. The molecule has 0 saturated carbocycles. The zero-order valence-electron chi connectivity index (χ0n) is 18.4. The maximum atomic E-state index is 13.5. The van der Waals surface area contributed by atoms with Gasteiger partial charge < -0.3 is 9.80 Å². The predicted octanol–water partition coefficient (Wildman–Crippen LogP) is 3.72. The van der Waals surface area contributed by atoms with Crippen LogP contribution in [0.5, 0.6) is 0 Å². The van der Waals surface area contributed by atoms with Crippen LogP contribution in [0.2, 0.25) is 0 Å². The first-order valence-corrected chi connectivity index (χ1v) is 10.5. The first-order chi connectivity index (χ1) is 15.3. The number of likely N-dealkylation sites (N-methyl/N-ethyl adjacent to an activating group) is 1. The number of carbonyl (C=O) groups is 1. The Bertz CT molecular complexity index is 1170. The molecule has 0 bridgehead atoms. The summed E-state index contributed by atoms with van der Waals surface area (Å²) in [6.45, 7) is 6.61. The summed E-state index contributed by atoms with van der Waals surface area (Å²) in [4.78, 5) is 37.8. The van der Waals surface area contributed by atoms with Crippen LogP contribution in [0.1, 0.15) is 21.6 Å². The largest absolute Gasteiger partial charge is 0.336 e. The molecular weight excluding hydrogens is 406 g/mol. The van der Waals surface area contributed by atoms with Crippen molar-refractivity contribution in [2.45, 2.75) is 13.8 Å². The number of amides is 1. The van der Waals surface area contributed by atoms with Gasteiger partial charge in [-0.1, -0.05) is 42.0 Å². The lowest BCUT2D eigenvalue weighted by molar-refractivity contribution is -0.384. The van der Waals surface area contributed by atoms with Gasteiger partial charge in [0.1, 0.15) is 0 Å². The minimum absolute atomic E-state index is 0.0475. The maximum absolute atomic E-state index is 13.5. The quantitative estimate of drug-likeness (QED) is 0.462. The van der Waals surface area contributed by atoms with Gasteiger partial charge in [-0.3, -0.25) is 14.9 Å². The van der Waals surface area contributed by atoms with Crippen LogP contribution in [0.3, 0.4) is 0 Å². The van der Waals surface area contributed by atoms with E-state index in [9.17, 15) is 14.9 Å². The van der Waals surface area contributed by atoms with Gasteiger partial charge in [-0.2, -0.15) is 0 Å². The van der Waals surface area contributed by atoms with Crippen LogP contribution in [0.15, 0.2) is 48.5 Å². The highest BCUT2D eigenvalue weighted by molar-refractivity contribution is 6.01. The van der Waals surface area contributed by atoms with Crippen molar-refractivity contribution in [2.24, 2.45) is 0 Å². The Morgan fingerprint density at radius 2 is 1.66 bits per heavy atom. The number of aryl methyl sites for hydroxylation is 2. The summed E-state index contributed by atoms with van der Waals surface area (Å²) in [6, 6.07) is 14.1. The number of nitro benzene ring substituents is 1. The molecule has 164 valence electrons. The maximum Gasteiger partial charge on any atom is 0.270 e. The smallest absolute Gasteiger partial charge is 0.270 e. The Kier molecular flexibility index (Phi) is 5.96. The highest BCUT2D eigenvalue weighted by atomic mass is 16.6. The van der Waals surface area contributed by atoms with Crippen molar-refractivity contribution in [1.29, 1.82) is 0 Å². The molecule has 0 radical (unpaired) electrons. The van der Waals surface area contributed by atoms with Crippen molar-refractivity contribution in [3.05, 3.63) is 75.5 Å². The Morgan fingerprint density at radius 3 is 2.31 bits per heavy atom. The summed E-state index contributed by atoms with van der Waals surface area (Å²) in [6.07, 6.45) is 0. The van der Waals surface area contributed by atoms with Crippen molar-refractivity contribution < 1.29 is 9.72 Å². The number of rotatable bonds is 4. The number of hydrogen-bond acceptors (Lipinski definition) is 6. The Balaban J connectivity index is 1.86. The summed E-state index contributed by atoms with van der Waals surface area (Å²) in [5.74, 6) is 0.339. The summed E-state index contributed by atoms with van der Waals surface area (Å²) in [7, 11) is 2.03. The molecule has 0 spiro atoms. The minimum Gasteiger partial charge on any atom is -0.336 e. The molecule has 32 heavy (non-hydrogen) atoms. The third kappa shape index (κ3) is 4.36. The number of aromatic nitrogens is 2. The van der Waals surface area contributed by atoms with Gasteiger partial charge in [-0.15, -0.1) is 0 Å². The average molecular weight is 431 g/mol. The molecule has 3 aromatic rings. The monoisotopic (exact) mass is 431 g/mol. The number of nitro groups is 1. The van der Waals surface area contributed by atoms with Crippen LogP contribution in [0.4, 0.5) is 5.69 Å². The highest BCUT2D eigenvalue weighted by Crippen LogP contribution is 2.30. The molecule has 0 atom stereocenters. The average Bonchev–Trinajstić information content (AvgIpc) is 2.79. The van der Waals surface area contributed by atoms with E-state index in [1.807, 2.05) is 38.2 Å². The van der Waals surface area contributed by atoms with Crippen molar-refractivity contribution in [2.75, 3.05) is 33.2 Å². The molecule has 0 unspecified atom stereocenters. The molecule has 0 aliphatic carbocycles. The second-order valence-corrected chi connectivity index (χ2v) is 8.13. The number of piperazine rings is 1. The molecule has 2 aromatic carbocycles. The fourth-order valence-corrected chi connectivity index (χ4v) is 3.80. The zero-order chi connectivity index (χ0) is 22.8. The summed E-state index contributed by atoms with van der Waals surface area (Å²) in [5.41, 5.74) is 3.78. The normalized spacial score (nSPS) is 14.4. The molecule has 1 fully saturated rings. The fourth-order valence-electron chi connectivity index (χ4n) is 3.80. The topological polar surface area (TPSA) is 92.5 Å². The molecule has 1 aromatic heterocycles. The number of carbonyl (C=O) groups excluding carboxylic acids is 1. The molecular formula is C24H25N5O3. The Morgan fingerprint density at radius 1 is 0.969 bits per heavy atom. The van der Waals surface area contributed by atoms with Gasteiger partial charge in [0.15, 0.2) is 5.82 Å². The first kappa shape index (κ1) is 21.6. The lowest BCUT2D eigenvalue weighted by Gasteiger charge is -2.33. The van der Waals surface area contributed by atoms with Gasteiger partial charge >= 0.3 is 0 Å². The molecule has 2 heterocycles. The first-order valence-electron chi connectivity index (χ1n) is 10.5. The third-order valence-corrected chi connectivity index (χ3v) is 5.73. The van der Waals surface area contributed by atoms with Crippen LogP contribution in [0, 0.1) is 24.0 Å². The lowest BCUT2D eigenvalue weighted by atomic mass is 10.0. The van der Waals surface area contributed by atoms with Gasteiger partial charge in [0.25, 0.3) is 11.6 Å². The zero-order valence-corrected chi connectivity index (χ0v) is 18.4. The summed E-state index contributed by atoms with van der Waals surface area (Å²) < 4.78 is 0. The van der Waals surface area contributed by atoms with E-state index in [1.165, 1.54) is 12.1 Å². The third-order valence-electron chi connectivity index (χ3n) is 5.73. The number of benzene rings is 2. The standard InChI is InChI=1S/C24H25N5O3/c1-16-7-9-18(10-8-16)23-25-17(2)21(24(30)28-13-11-27(3)12-14-28)22(26-23)19-5-4-6-20(15-19)29(31)32/h4-10,15H,11-14H2,1-3H3. The van der Waals surface area contributed by atoms with E-state index < -0.39 is 4.92 Å². The Labute approximate surface area is 186 Å². The van der Waals surface area contributed by atoms with E-state index in [0.29, 0.717) is 41.4 Å². The van der Waals surface area contributed by atoms with E-state index in [1.54, 1.807) is 24.0 Å². The molecule has 8 nitrogen and oxygen atoms in total. The molecule has 1 aliphatic rings. The van der Waals surface area contributed by atoms with E-state index in [4.69, 9.17) is 4.98 Å². The second-order valence-electron chi connectivity index (χ2n) is 8.13. The SMILES string of the molecule is Cc1ccc(-c2nc(C)c(C(=O)N3CCN(C)CC3)c(-c3cccc([N+](=O)[O-])c3)n2)cc1. The highest BCUT2D eigenvalue weighted by Gasteiger charge is 2.27. The van der Waals surface area contributed by atoms with Crippen LogP contribution in [0.25, 0.3) is 22.6 Å². The van der Waals surface area contributed by atoms with Crippen molar-refractivity contribution in [3.8, 4) is 22.6 Å². The number of non-ortho nitro benzene ring substituents is 1. The second kappa shape index (κ2) is 8.84.